The summed E-state index contributed by atoms with van der Waals surface area (Å²) in [7, 11) is 3.93. The molecule has 1 amide bonds. The van der Waals surface area contributed by atoms with Crippen LogP contribution in [0.25, 0.3) is 0 Å². The van der Waals surface area contributed by atoms with Crippen LogP contribution in [0.5, 0.6) is 0 Å². The van der Waals surface area contributed by atoms with Gasteiger partial charge in [-0.25, -0.2) is 0 Å². The molecule has 0 fully saturated rings. The van der Waals surface area contributed by atoms with Crippen LogP contribution in [0.2, 0.25) is 0 Å². The van der Waals surface area contributed by atoms with Gasteiger partial charge in [-0.3, -0.25) is 9.89 Å². The lowest BCUT2D eigenvalue weighted by Crippen LogP contribution is -2.31. The predicted octanol–water partition coefficient (Wildman–Crippen LogP) is 0.00952. The van der Waals surface area contributed by atoms with Gasteiger partial charge in [-0.2, -0.15) is 5.10 Å². The van der Waals surface area contributed by atoms with E-state index in [2.05, 4.69) is 15.5 Å². The van der Waals surface area contributed by atoms with Crippen molar-refractivity contribution in [3.63, 3.8) is 0 Å². The van der Waals surface area contributed by atoms with E-state index >= 15 is 0 Å². The van der Waals surface area contributed by atoms with E-state index in [4.69, 9.17) is 0 Å². The zero-order valence-electron chi connectivity index (χ0n) is 8.79. The van der Waals surface area contributed by atoms with E-state index < -0.39 is 0 Å². The molecule has 0 unspecified atom stereocenters. The minimum atomic E-state index is -0.129. The second-order valence-electron chi connectivity index (χ2n) is 3.50. The average Bonchev–Trinajstić information content (AvgIpc) is 2.51. The van der Waals surface area contributed by atoms with Crippen molar-refractivity contribution in [2.75, 3.05) is 27.2 Å². The third-order valence-corrected chi connectivity index (χ3v) is 1.78. The van der Waals surface area contributed by atoms with Crippen molar-refractivity contribution < 1.29 is 4.79 Å². The summed E-state index contributed by atoms with van der Waals surface area (Å²) in [6.07, 6.45) is 0. The fourth-order valence-electron chi connectivity index (χ4n) is 1.02. The van der Waals surface area contributed by atoms with Gasteiger partial charge in [0, 0.05) is 18.8 Å². The number of aryl methyl sites for hydroxylation is 1. The smallest absolute Gasteiger partial charge is 0.271 e. The first-order valence-electron chi connectivity index (χ1n) is 4.54. The van der Waals surface area contributed by atoms with Crippen molar-refractivity contribution in [3.8, 4) is 0 Å². The molecule has 78 valence electrons. The summed E-state index contributed by atoms with van der Waals surface area (Å²) in [6.45, 7) is 3.33. The molecule has 0 radical (unpaired) electrons. The molecule has 1 aromatic heterocycles. The highest BCUT2D eigenvalue weighted by Crippen LogP contribution is 1.96. The van der Waals surface area contributed by atoms with Gasteiger partial charge in [0.1, 0.15) is 5.69 Å². The number of amides is 1. The molecule has 5 heteroatoms. The monoisotopic (exact) mass is 196 g/mol. The molecule has 1 aromatic rings. The molecule has 0 saturated carbocycles. The molecule has 0 aliphatic rings. The standard InChI is InChI=1S/C9H16N4O/c1-7-6-8(12-11-7)9(14)10-4-5-13(2)3/h6H,4-5H2,1-3H3,(H,10,14)(H,11,12). The molecule has 2 N–H and O–H groups in total. The highest BCUT2D eigenvalue weighted by molar-refractivity contribution is 5.92. The highest BCUT2D eigenvalue weighted by atomic mass is 16.1. The molecule has 0 aliphatic heterocycles. The lowest BCUT2D eigenvalue weighted by Gasteiger charge is -2.09. The number of H-pyrrole nitrogens is 1. The number of rotatable bonds is 4. The fraction of sp³-hybridized carbons (Fsp3) is 0.556. The van der Waals surface area contributed by atoms with E-state index in [9.17, 15) is 4.79 Å². The summed E-state index contributed by atoms with van der Waals surface area (Å²) in [5.74, 6) is -0.129. The quantitative estimate of drug-likeness (QED) is 0.713. The number of nitrogens with one attached hydrogen (secondary N) is 2. The number of hydrogen-bond acceptors (Lipinski definition) is 3. The van der Waals surface area contributed by atoms with Gasteiger partial charge in [0.05, 0.1) is 0 Å². The maximum absolute atomic E-state index is 11.4. The van der Waals surface area contributed by atoms with E-state index in [0.717, 1.165) is 12.2 Å². The molecule has 5 nitrogen and oxygen atoms in total. The van der Waals surface area contributed by atoms with Gasteiger partial charge in [0.2, 0.25) is 0 Å². The Balaban J connectivity index is 2.36. The third kappa shape index (κ3) is 3.18. The van der Waals surface area contributed by atoms with Gasteiger partial charge >= 0.3 is 0 Å². The molecule has 0 atom stereocenters. The van der Waals surface area contributed by atoms with Gasteiger partial charge in [-0.05, 0) is 27.1 Å². The van der Waals surface area contributed by atoms with Crippen molar-refractivity contribution >= 4 is 5.91 Å². The largest absolute Gasteiger partial charge is 0.349 e. The molecule has 0 aliphatic carbocycles. The van der Waals surface area contributed by atoms with Crippen LogP contribution >= 0.6 is 0 Å². The van der Waals surface area contributed by atoms with Gasteiger partial charge in [-0.1, -0.05) is 0 Å². The van der Waals surface area contributed by atoms with Crippen LogP contribution in [0, 0.1) is 6.92 Å². The van der Waals surface area contributed by atoms with Crippen LogP contribution in [0.15, 0.2) is 6.07 Å². The van der Waals surface area contributed by atoms with Crippen LogP contribution < -0.4 is 5.32 Å². The first-order chi connectivity index (χ1) is 6.59. The minimum Gasteiger partial charge on any atom is -0.349 e. The number of aromatic nitrogens is 2. The summed E-state index contributed by atoms with van der Waals surface area (Å²) in [5.41, 5.74) is 1.34. The van der Waals surface area contributed by atoms with Crippen molar-refractivity contribution in [1.82, 2.24) is 20.4 Å². The molecule has 1 rings (SSSR count). The topological polar surface area (TPSA) is 61.0 Å². The zero-order valence-corrected chi connectivity index (χ0v) is 8.79. The van der Waals surface area contributed by atoms with Crippen LogP contribution in [0.4, 0.5) is 0 Å². The van der Waals surface area contributed by atoms with Gasteiger partial charge in [-0.15, -0.1) is 0 Å². The van der Waals surface area contributed by atoms with Crippen molar-refractivity contribution in [2.45, 2.75) is 6.92 Å². The number of carbonyl (C=O) groups is 1. The Kier molecular flexibility index (Phi) is 3.64. The van der Waals surface area contributed by atoms with Crippen molar-refractivity contribution in [1.29, 1.82) is 0 Å². The van der Waals surface area contributed by atoms with E-state index in [-0.39, 0.29) is 5.91 Å². The molecule has 0 saturated heterocycles. The Bertz CT molecular complexity index is 306. The lowest BCUT2D eigenvalue weighted by molar-refractivity contribution is 0.0946. The predicted molar refractivity (Wildman–Crippen MR) is 54.2 cm³/mol. The summed E-state index contributed by atoms with van der Waals surface area (Å²) >= 11 is 0. The molecule has 0 aromatic carbocycles. The van der Waals surface area contributed by atoms with E-state index in [1.54, 1.807) is 6.07 Å². The number of carbonyl (C=O) groups excluding carboxylic acids is 1. The molecular formula is C9H16N4O. The van der Waals surface area contributed by atoms with Crippen LogP contribution in [-0.2, 0) is 0 Å². The Labute approximate surface area is 83.5 Å². The van der Waals surface area contributed by atoms with E-state index in [1.807, 2.05) is 25.9 Å². The number of likely N-dealkylation sites (N-methyl/N-ethyl adjacent to an activating group) is 1. The Morgan fingerprint density at radius 2 is 2.36 bits per heavy atom. The summed E-state index contributed by atoms with van der Waals surface area (Å²) in [6, 6.07) is 1.73. The fourth-order valence-corrected chi connectivity index (χ4v) is 1.02. The van der Waals surface area contributed by atoms with E-state index in [0.29, 0.717) is 12.2 Å². The third-order valence-electron chi connectivity index (χ3n) is 1.78. The summed E-state index contributed by atoms with van der Waals surface area (Å²) in [5, 5.41) is 9.37. The van der Waals surface area contributed by atoms with Crippen molar-refractivity contribution in [3.05, 3.63) is 17.5 Å². The van der Waals surface area contributed by atoms with Gasteiger partial charge in [0.25, 0.3) is 5.91 Å². The summed E-state index contributed by atoms with van der Waals surface area (Å²) < 4.78 is 0. The second kappa shape index (κ2) is 4.76. The summed E-state index contributed by atoms with van der Waals surface area (Å²) in [4.78, 5) is 13.4. The molecule has 14 heavy (non-hydrogen) atoms. The number of hydrogen-bond donors (Lipinski definition) is 2. The molecule has 0 spiro atoms. The number of aromatic amines is 1. The van der Waals surface area contributed by atoms with Crippen molar-refractivity contribution in [2.24, 2.45) is 0 Å². The first-order valence-corrected chi connectivity index (χ1v) is 4.54. The normalized spacial score (nSPS) is 10.6. The Morgan fingerprint density at radius 3 is 2.86 bits per heavy atom. The van der Waals surface area contributed by atoms with Crippen LogP contribution in [0.3, 0.4) is 0 Å². The molecule has 1 heterocycles. The zero-order chi connectivity index (χ0) is 10.6. The SMILES string of the molecule is Cc1cc(C(=O)NCCN(C)C)n[nH]1. The number of nitrogens with zero attached hydrogens (tertiary/aromatic N) is 2. The van der Waals surface area contributed by atoms with Crippen LogP contribution in [-0.4, -0.2) is 48.2 Å². The van der Waals surface area contributed by atoms with Gasteiger partial charge < -0.3 is 10.2 Å². The maximum atomic E-state index is 11.4. The Morgan fingerprint density at radius 1 is 1.64 bits per heavy atom. The van der Waals surface area contributed by atoms with Gasteiger partial charge in [0.15, 0.2) is 0 Å². The van der Waals surface area contributed by atoms with Crippen LogP contribution in [0.1, 0.15) is 16.2 Å². The van der Waals surface area contributed by atoms with E-state index in [1.165, 1.54) is 0 Å². The first kappa shape index (κ1) is 10.7. The average molecular weight is 196 g/mol. The minimum absolute atomic E-state index is 0.129. The molecule has 0 bridgehead atoms. The highest BCUT2D eigenvalue weighted by Gasteiger charge is 2.07. The lowest BCUT2D eigenvalue weighted by atomic mass is 10.3. The molecular weight excluding hydrogens is 180 g/mol. The maximum Gasteiger partial charge on any atom is 0.271 e. The second-order valence-corrected chi connectivity index (χ2v) is 3.50. The Hall–Kier alpha value is -1.36.